The lowest BCUT2D eigenvalue weighted by atomic mass is 10.0. The van der Waals surface area contributed by atoms with E-state index in [2.05, 4.69) is 49.8 Å². The Morgan fingerprint density at radius 1 is 1.03 bits per heavy atom. The summed E-state index contributed by atoms with van der Waals surface area (Å²) in [6, 6.07) is 15.4. The topological polar surface area (TPSA) is 77.0 Å². The first-order valence-electron chi connectivity index (χ1n) is 10.6. The summed E-state index contributed by atoms with van der Waals surface area (Å²) in [6.07, 6.45) is 7.88. The Balaban J connectivity index is 1.66. The van der Waals surface area contributed by atoms with Crippen molar-refractivity contribution in [2.24, 2.45) is 0 Å². The highest BCUT2D eigenvalue weighted by Crippen LogP contribution is 2.27. The standard InChI is InChI=1S/C26H23IN4O2/c1-3-18-8-7-17(10-24(18)33-2)13-31-26(32)22-12-20(19-11-21(27)16-28-14-19)15-30-25(22)23-6-4-5-9-29-23/h4-12,14-16H,3,13H2,1-2H3,(H,31,32). The van der Waals surface area contributed by atoms with Crippen molar-refractivity contribution in [2.45, 2.75) is 19.9 Å². The average molecular weight is 550 g/mol. The van der Waals surface area contributed by atoms with Crippen molar-refractivity contribution < 1.29 is 9.53 Å². The minimum Gasteiger partial charge on any atom is -0.496 e. The van der Waals surface area contributed by atoms with Crippen LogP contribution in [0.5, 0.6) is 5.75 Å². The summed E-state index contributed by atoms with van der Waals surface area (Å²) < 4.78 is 6.49. The molecule has 4 aromatic rings. The van der Waals surface area contributed by atoms with Crippen molar-refractivity contribution >= 4 is 28.5 Å². The van der Waals surface area contributed by atoms with E-state index in [0.29, 0.717) is 23.5 Å². The zero-order chi connectivity index (χ0) is 23.2. The minimum atomic E-state index is -0.220. The number of aromatic nitrogens is 3. The van der Waals surface area contributed by atoms with Crippen molar-refractivity contribution in [2.75, 3.05) is 7.11 Å². The Hall–Kier alpha value is -3.33. The number of carbonyl (C=O) groups excluding carboxylic acids is 1. The van der Waals surface area contributed by atoms with Gasteiger partial charge in [0.25, 0.3) is 5.91 Å². The third-order valence-corrected chi connectivity index (χ3v) is 5.85. The SMILES string of the molecule is CCc1ccc(CNC(=O)c2cc(-c3cncc(I)c3)cnc2-c2ccccn2)cc1OC. The number of halogens is 1. The normalized spacial score (nSPS) is 10.6. The van der Waals surface area contributed by atoms with E-state index < -0.39 is 0 Å². The van der Waals surface area contributed by atoms with Gasteiger partial charge in [-0.2, -0.15) is 0 Å². The maximum Gasteiger partial charge on any atom is 0.253 e. The van der Waals surface area contributed by atoms with Gasteiger partial charge in [-0.15, -0.1) is 0 Å². The van der Waals surface area contributed by atoms with E-state index in [1.165, 1.54) is 0 Å². The Morgan fingerprint density at radius 3 is 2.61 bits per heavy atom. The molecule has 1 aromatic carbocycles. The molecule has 4 rings (SSSR count). The summed E-state index contributed by atoms with van der Waals surface area (Å²) in [5, 5.41) is 3.02. The molecule has 7 heteroatoms. The lowest BCUT2D eigenvalue weighted by Crippen LogP contribution is -2.24. The molecule has 3 aromatic heterocycles. The molecule has 3 heterocycles. The number of nitrogens with one attached hydrogen (secondary N) is 1. The van der Waals surface area contributed by atoms with Crippen LogP contribution in [0, 0.1) is 3.57 Å². The van der Waals surface area contributed by atoms with Gasteiger partial charge in [0.15, 0.2) is 0 Å². The largest absolute Gasteiger partial charge is 0.496 e. The van der Waals surface area contributed by atoms with Crippen LogP contribution in [0.15, 0.2) is 73.3 Å². The Kier molecular flexibility index (Phi) is 7.29. The number of benzene rings is 1. The smallest absolute Gasteiger partial charge is 0.253 e. The molecule has 0 aliphatic heterocycles. The van der Waals surface area contributed by atoms with Gasteiger partial charge in [-0.1, -0.05) is 25.1 Å². The first kappa shape index (κ1) is 22.8. The van der Waals surface area contributed by atoms with E-state index >= 15 is 0 Å². The maximum absolute atomic E-state index is 13.3. The van der Waals surface area contributed by atoms with Crippen molar-refractivity contribution in [3.05, 3.63) is 93.6 Å². The number of carbonyl (C=O) groups is 1. The monoisotopic (exact) mass is 550 g/mol. The molecule has 0 radical (unpaired) electrons. The summed E-state index contributed by atoms with van der Waals surface area (Å²) in [5.41, 5.74) is 5.45. The predicted molar refractivity (Wildman–Crippen MR) is 137 cm³/mol. The molecular formula is C26H23IN4O2. The molecule has 0 bridgehead atoms. The highest BCUT2D eigenvalue weighted by atomic mass is 127. The molecular weight excluding hydrogens is 527 g/mol. The number of rotatable bonds is 7. The highest BCUT2D eigenvalue weighted by molar-refractivity contribution is 14.1. The number of hydrogen-bond donors (Lipinski definition) is 1. The van der Waals surface area contributed by atoms with Gasteiger partial charge in [0.05, 0.1) is 18.4 Å². The van der Waals surface area contributed by atoms with E-state index in [1.807, 2.05) is 48.5 Å². The number of pyridine rings is 3. The van der Waals surface area contributed by atoms with E-state index in [4.69, 9.17) is 4.74 Å². The number of methoxy groups -OCH3 is 1. The van der Waals surface area contributed by atoms with Crippen LogP contribution in [-0.2, 0) is 13.0 Å². The molecule has 0 fully saturated rings. The molecule has 0 saturated heterocycles. The zero-order valence-corrected chi connectivity index (χ0v) is 20.5. The fraction of sp³-hybridized carbons (Fsp3) is 0.154. The Bertz CT molecular complexity index is 1280. The number of ether oxygens (including phenoxy) is 1. The molecule has 0 aliphatic carbocycles. The molecule has 0 aliphatic rings. The first-order valence-corrected chi connectivity index (χ1v) is 11.6. The van der Waals surface area contributed by atoms with Crippen LogP contribution in [-0.4, -0.2) is 28.0 Å². The fourth-order valence-electron chi connectivity index (χ4n) is 3.54. The molecule has 1 N–H and O–H groups in total. The van der Waals surface area contributed by atoms with Crippen LogP contribution >= 0.6 is 22.6 Å². The molecule has 0 atom stereocenters. The summed E-state index contributed by atoms with van der Waals surface area (Å²) >= 11 is 2.22. The van der Waals surface area contributed by atoms with Gasteiger partial charge in [-0.25, -0.2) is 0 Å². The summed E-state index contributed by atoms with van der Waals surface area (Å²) in [5.74, 6) is 0.607. The quantitative estimate of drug-likeness (QED) is 0.316. The number of amides is 1. The van der Waals surface area contributed by atoms with Gasteiger partial charge in [0.2, 0.25) is 0 Å². The lowest BCUT2D eigenvalue weighted by Gasteiger charge is -2.13. The highest BCUT2D eigenvalue weighted by Gasteiger charge is 2.17. The van der Waals surface area contributed by atoms with E-state index in [1.54, 1.807) is 31.9 Å². The van der Waals surface area contributed by atoms with Crippen molar-refractivity contribution in [3.63, 3.8) is 0 Å². The third kappa shape index (κ3) is 5.36. The van der Waals surface area contributed by atoms with E-state index in [-0.39, 0.29) is 5.91 Å². The van der Waals surface area contributed by atoms with Crippen LogP contribution in [0.3, 0.4) is 0 Å². The lowest BCUT2D eigenvalue weighted by molar-refractivity contribution is 0.0951. The second kappa shape index (κ2) is 10.5. The summed E-state index contributed by atoms with van der Waals surface area (Å²) in [4.78, 5) is 26.6. The van der Waals surface area contributed by atoms with Crippen LogP contribution in [0.1, 0.15) is 28.4 Å². The van der Waals surface area contributed by atoms with Gasteiger partial charge < -0.3 is 10.1 Å². The first-order chi connectivity index (χ1) is 16.1. The van der Waals surface area contributed by atoms with Crippen LogP contribution in [0.2, 0.25) is 0 Å². The minimum absolute atomic E-state index is 0.220. The van der Waals surface area contributed by atoms with Gasteiger partial charge in [-0.05, 0) is 70.5 Å². The number of aryl methyl sites for hydroxylation is 1. The van der Waals surface area contributed by atoms with Crippen molar-refractivity contribution in [1.82, 2.24) is 20.3 Å². The van der Waals surface area contributed by atoms with E-state index in [9.17, 15) is 4.79 Å². The van der Waals surface area contributed by atoms with Gasteiger partial charge in [0, 0.05) is 46.0 Å². The fourth-order valence-corrected chi connectivity index (χ4v) is 4.04. The van der Waals surface area contributed by atoms with Crippen LogP contribution in [0.25, 0.3) is 22.5 Å². The van der Waals surface area contributed by atoms with E-state index in [0.717, 1.165) is 38.0 Å². The molecule has 0 unspecified atom stereocenters. The van der Waals surface area contributed by atoms with Crippen LogP contribution < -0.4 is 10.1 Å². The third-order valence-electron chi connectivity index (χ3n) is 5.26. The molecule has 33 heavy (non-hydrogen) atoms. The number of nitrogens with zero attached hydrogens (tertiary/aromatic N) is 3. The Labute approximate surface area is 206 Å². The molecule has 6 nitrogen and oxygen atoms in total. The molecule has 166 valence electrons. The number of hydrogen-bond acceptors (Lipinski definition) is 5. The summed E-state index contributed by atoms with van der Waals surface area (Å²) in [7, 11) is 1.66. The van der Waals surface area contributed by atoms with Crippen molar-refractivity contribution in [1.29, 1.82) is 0 Å². The average Bonchev–Trinajstić information content (AvgIpc) is 2.87. The predicted octanol–water partition coefficient (Wildman–Crippen LogP) is 5.31. The molecule has 0 saturated carbocycles. The van der Waals surface area contributed by atoms with Gasteiger partial charge in [-0.3, -0.25) is 19.7 Å². The summed E-state index contributed by atoms with van der Waals surface area (Å²) in [6.45, 7) is 2.46. The van der Waals surface area contributed by atoms with Gasteiger partial charge in [0.1, 0.15) is 11.4 Å². The molecule has 0 spiro atoms. The Morgan fingerprint density at radius 2 is 1.88 bits per heavy atom. The molecule has 1 amide bonds. The second-order valence-electron chi connectivity index (χ2n) is 7.41. The maximum atomic E-state index is 13.3. The van der Waals surface area contributed by atoms with Crippen molar-refractivity contribution in [3.8, 4) is 28.3 Å². The van der Waals surface area contributed by atoms with Crippen LogP contribution in [0.4, 0.5) is 0 Å². The van der Waals surface area contributed by atoms with Gasteiger partial charge >= 0.3 is 0 Å². The second-order valence-corrected chi connectivity index (χ2v) is 8.66. The zero-order valence-electron chi connectivity index (χ0n) is 18.4.